The molecule has 2 aliphatic rings. The number of piperidine rings is 1. The SMILES string of the molecule is COCCN1C(=O)C(c2ccc(NC(C)=O)cc2)=C(N2CCCCC2)C1=O. The molecule has 2 heterocycles. The van der Waals surface area contributed by atoms with Gasteiger partial charge in [0.2, 0.25) is 5.91 Å². The fourth-order valence-corrected chi connectivity index (χ4v) is 3.54. The summed E-state index contributed by atoms with van der Waals surface area (Å²) >= 11 is 0. The van der Waals surface area contributed by atoms with Gasteiger partial charge in [-0.15, -0.1) is 0 Å². The molecule has 0 aromatic heterocycles. The van der Waals surface area contributed by atoms with E-state index in [-0.39, 0.29) is 24.3 Å². The number of likely N-dealkylation sites (tertiary alicyclic amines) is 1. The van der Waals surface area contributed by atoms with Crippen LogP contribution in [0.5, 0.6) is 0 Å². The number of methoxy groups -OCH3 is 1. The molecule has 1 N–H and O–H groups in total. The van der Waals surface area contributed by atoms with E-state index in [0.29, 0.717) is 29.1 Å². The van der Waals surface area contributed by atoms with E-state index in [1.54, 1.807) is 31.4 Å². The lowest BCUT2D eigenvalue weighted by Crippen LogP contribution is -2.38. The number of amides is 3. The molecule has 0 atom stereocenters. The quantitative estimate of drug-likeness (QED) is 0.772. The van der Waals surface area contributed by atoms with Crippen LogP contribution in [0.1, 0.15) is 31.7 Å². The second-order valence-electron chi connectivity index (χ2n) is 6.78. The van der Waals surface area contributed by atoms with Crippen LogP contribution in [0.15, 0.2) is 30.0 Å². The lowest BCUT2D eigenvalue weighted by molar-refractivity contribution is -0.138. The Morgan fingerprint density at radius 1 is 1.07 bits per heavy atom. The third-order valence-corrected chi connectivity index (χ3v) is 4.83. The first kappa shape index (κ1) is 19.1. The number of imide groups is 1. The Bertz CT molecular complexity index is 764. The van der Waals surface area contributed by atoms with Gasteiger partial charge in [-0.1, -0.05) is 12.1 Å². The van der Waals surface area contributed by atoms with Crippen molar-refractivity contribution in [3.63, 3.8) is 0 Å². The highest BCUT2D eigenvalue weighted by atomic mass is 16.5. The van der Waals surface area contributed by atoms with Gasteiger partial charge >= 0.3 is 0 Å². The third kappa shape index (κ3) is 4.03. The lowest BCUT2D eigenvalue weighted by Gasteiger charge is -2.29. The van der Waals surface area contributed by atoms with Crippen LogP contribution in [-0.2, 0) is 19.1 Å². The fourth-order valence-electron chi connectivity index (χ4n) is 3.54. The molecule has 1 aromatic rings. The summed E-state index contributed by atoms with van der Waals surface area (Å²) in [5, 5.41) is 2.71. The molecule has 1 aromatic carbocycles. The van der Waals surface area contributed by atoms with E-state index in [2.05, 4.69) is 5.32 Å². The van der Waals surface area contributed by atoms with Crippen LogP contribution in [0.4, 0.5) is 5.69 Å². The van der Waals surface area contributed by atoms with E-state index in [1.165, 1.54) is 11.8 Å². The molecule has 1 saturated heterocycles. The molecule has 0 spiro atoms. The molecule has 3 rings (SSSR count). The van der Waals surface area contributed by atoms with Crippen molar-refractivity contribution >= 4 is 29.0 Å². The van der Waals surface area contributed by atoms with Gasteiger partial charge in [-0.05, 0) is 37.0 Å². The predicted octanol–water partition coefficient (Wildman–Crippen LogP) is 1.86. The molecule has 0 unspecified atom stereocenters. The summed E-state index contributed by atoms with van der Waals surface area (Å²) in [6, 6.07) is 7.03. The average Bonchev–Trinajstić information content (AvgIpc) is 2.91. The number of nitrogens with one attached hydrogen (secondary N) is 1. The molecular formula is C20H25N3O4. The number of hydrogen-bond donors (Lipinski definition) is 1. The smallest absolute Gasteiger partial charge is 0.277 e. The maximum absolute atomic E-state index is 13.0. The Morgan fingerprint density at radius 3 is 2.33 bits per heavy atom. The van der Waals surface area contributed by atoms with Gasteiger partial charge in [-0.25, -0.2) is 0 Å². The van der Waals surface area contributed by atoms with Crippen LogP contribution in [0.2, 0.25) is 0 Å². The van der Waals surface area contributed by atoms with Gasteiger partial charge in [-0.2, -0.15) is 0 Å². The van der Waals surface area contributed by atoms with Crippen molar-refractivity contribution in [3.05, 3.63) is 35.5 Å². The zero-order valence-electron chi connectivity index (χ0n) is 15.8. The highest BCUT2D eigenvalue weighted by Gasteiger charge is 2.41. The van der Waals surface area contributed by atoms with Crippen molar-refractivity contribution < 1.29 is 19.1 Å². The first-order chi connectivity index (χ1) is 13.0. The van der Waals surface area contributed by atoms with Gasteiger partial charge in [0.15, 0.2) is 0 Å². The molecule has 0 bridgehead atoms. The van der Waals surface area contributed by atoms with Crippen molar-refractivity contribution in [2.75, 3.05) is 38.7 Å². The molecule has 27 heavy (non-hydrogen) atoms. The predicted molar refractivity (Wildman–Crippen MR) is 102 cm³/mol. The second-order valence-corrected chi connectivity index (χ2v) is 6.78. The Hall–Kier alpha value is -2.67. The summed E-state index contributed by atoms with van der Waals surface area (Å²) in [7, 11) is 1.55. The van der Waals surface area contributed by atoms with E-state index >= 15 is 0 Å². The zero-order valence-corrected chi connectivity index (χ0v) is 15.8. The van der Waals surface area contributed by atoms with E-state index in [4.69, 9.17) is 4.74 Å². The normalized spacial score (nSPS) is 17.7. The minimum Gasteiger partial charge on any atom is -0.383 e. The summed E-state index contributed by atoms with van der Waals surface area (Å²) in [5.74, 6) is -0.696. The van der Waals surface area contributed by atoms with Crippen LogP contribution in [0, 0.1) is 0 Å². The van der Waals surface area contributed by atoms with Crippen molar-refractivity contribution in [2.45, 2.75) is 26.2 Å². The largest absolute Gasteiger partial charge is 0.383 e. The molecule has 0 radical (unpaired) electrons. The number of anilines is 1. The van der Waals surface area contributed by atoms with Gasteiger partial charge in [0.05, 0.1) is 18.7 Å². The topological polar surface area (TPSA) is 79.0 Å². The molecule has 2 aliphatic heterocycles. The van der Waals surface area contributed by atoms with Gasteiger partial charge in [-0.3, -0.25) is 19.3 Å². The summed E-state index contributed by atoms with van der Waals surface area (Å²) in [6.07, 6.45) is 3.16. The van der Waals surface area contributed by atoms with Gasteiger partial charge < -0.3 is 15.0 Å². The summed E-state index contributed by atoms with van der Waals surface area (Å²) in [6.45, 7) is 3.54. The van der Waals surface area contributed by atoms with Crippen LogP contribution in [0.3, 0.4) is 0 Å². The molecule has 0 aliphatic carbocycles. The Labute approximate surface area is 159 Å². The number of rotatable bonds is 6. The van der Waals surface area contributed by atoms with Crippen molar-refractivity contribution in [1.82, 2.24) is 9.80 Å². The third-order valence-electron chi connectivity index (χ3n) is 4.83. The van der Waals surface area contributed by atoms with Crippen molar-refractivity contribution in [3.8, 4) is 0 Å². The minimum atomic E-state index is -0.287. The molecular weight excluding hydrogens is 346 g/mol. The van der Waals surface area contributed by atoms with Crippen molar-refractivity contribution in [1.29, 1.82) is 0 Å². The summed E-state index contributed by atoms with van der Waals surface area (Å²) in [5.41, 5.74) is 2.26. The fraction of sp³-hybridized carbons (Fsp3) is 0.450. The first-order valence-corrected chi connectivity index (χ1v) is 9.25. The van der Waals surface area contributed by atoms with E-state index in [0.717, 1.165) is 32.4 Å². The van der Waals surface area contributed by atoms with Crippen LogP contribution in [0.25, 0.3) is 5.57 Å². The molecule has 0 saturated carbocycles. The van der Waals surface area contributed by atoms with Crippen LogP contribution < -0.4 is 5.32 Å². The molecule has 3 amide bonds. The number of ether oxygens (including phenoxy) is 1. The maximum atomic E-state index is 13.0. The van der Waals surface area contributed by atoms with Crippen LogP contribution >= 0.6 is 0 Å². The summed E-state index contributed by atoms with van der Waals surface area (Å²) in [4.78, 5) is 40.6. The number of benzene rings is 1. The molecule has 7 nitrogen and oxygen atoms in total. The zero-order chi connectivity index (χ0) is 19.4. The standard InChI is InChI=1S/C20H25N3O4/c1-14(24)21-16-8-6-15(7-9-16)17-18(22-10-4-3-5-11-22)20(26)23(19(17)25)12-13-27-2/h6-9H,3-5,10-13H2,1-2H3,(H,21,24). The molecule has 1 fully saturated rings. The number of nitrogens with zero attached hydrogens (tertiary/aromatic N) is 2. The second kappa shape index (κ2) is 8.35. The van der Waals surface area contributed by atoms with Crippen LogP contribution in [-0.4, -0.2) is 60.9 Å². The average molecular weight is 371 g/mol. The first-order valence-electron chi connectivity index (χ1n) is 9.25. The van der Waals surface area contributed by atoms with Gasteiger partial charge in [0.1, 0.15) is 5.70 Å². The Balaban J connectivity index is 1.97. The summed E-state index contributed by atoms with van der Waals surface area (Å²) < 4.78 is 5.06. The molecule has 144 valence electrons. The van der Waals surface area contributed by atoms with Crippen molar-refractivity contribution in [2.24, 2.45) is 0 Å². The van der Waals surface area contributed by atoms with Gasteiger partial charge in [0, 0.05) is 32.8 Å². The Morgan fingerprint density at radius 2 is 1.74 bits per heavy atom. The number of carbonyl (C=O) groups is 3. The van der Waals surface area contributed by atoms with E-state index < -0.39 is 0 Å². The minimum absolute atomic E-state index is 0.158. The molecule has 7 heteroatoms. The monoisotopic (exact) mass is 371 g/mol. The number of hydrogen-bond acceptors (Lipinski definition) is 5. The highest BCUT2D eigenvalue weighted by Crippen LogP contribution is 2.33. The van der Waals surface area contributed by atoms with E-state index in [9.17, 15) is 14.4 Å². The highest BCUT2D eigenvalue weighted by molar-refractivity contribution is 6.35. The van der Waals surface area contributed by atoms with Gasteiger partial charge in [0.25, 0.3) is 11.8 Å². The van der Waals surface area contributed by atoms with E-state index in [1.807, 2.05) is 4.90 Å². The Kier molecular flexibility index (Phi) is 5.91. The maximum Gasteiger partial charge on any atom is 0.277 e. The lowest BCUT2D eigenvalue weighted by atomic mass is 10.0. The number of carbonyl (C=O) groups excluding carboxylic acids is 3.